The zero-order valence-corrected chi connectivity index (χ0v) is 62.5. The number of hydrogen-bond donors (Lipinski definition) is 4. The monoisotopic (exact) mass is 1540 g/mol. The SMILES string of the molecule is CCCCC1C(=O)N(Cc2ccccc2)C(=O)N(Cc2ccccc2)C1=O.O=C1CC(=O)N(c2ccccc2)C(=O)N1c1ccccc1.O=C1NC(=O)C(Cc2ccc(-c3ccccc3)cc2)C(=O)N1.O=C1NC(=O)N(Cc2ccccc2)C(=O)C1Cc1ccccc1.O=C1NC(=O)N(c2ccccc2)C(=O)C1Cc1ccccc1. The number of carbonyl (C=O) groups is 15. The Labute approximate surface area is 662 Å². The maximum Gasteiger partial charge on any atom is 0.342 e. The lowest BCUT2D eigenvalue weighted by Gasteiger charge is -2.37. The highest BCUT2D eigenvalue weighted by atomic mass is 16.2. The van der Waals surface area contributed by atoms with E-state index >= 15 is 0 Å². The average Bonchev–Trinajstić information content (AvgIpc) is 0.780. The first-order chi connectivity index (χ1) is 55.7. The fraction of sp³-hybridized carbons (Fsp3) is 0.167. The van der Waals surface area contributed by atoms with Gasteiger partial charge in [0.1, 0.15) is 30.1 Å². The van der Waals surface area contributed by atoms with Crippen molar-refractivity contribution in [3.05, 3.63) is 331 Å². The smallest absolute Gasteiger partial charge is 0.277 e. The van der Waals surface area contributed by atoms with Crippen LogP contribution in [0.1, 0.15) is 66.0 Å². The van der Waals surface area contributed by atoms with Gasteiger partial charge in [0.05, 0.1) is 36.7 Å². The first-order valence-corrected chi connectivity index (χ1v) is 37.1. The molecule has 4 N–H and O–H groups in total. The van der Waals surface area contributed by atoms with E-state index < -0.39 is 101 Å². The molecule has 0 aromatic heterocycles. The Morgan fingerprint density at radius 3 is 0.983 bits per heavy atom. The highest BCUT2D eigenvalue weighted by Gasteiger charge is 2.47. The van der Waals surface area contributed by atoms with E-state index in [0.29, 0.717) is 23.5 Å². The summed E-state index contributed by atoms with van der Waals surface area (Å²) in [7, 11) is 0. The number of amides is 20. The van der Waals surface area contributed by atoms with Gasteiger partial charge in [-0.05, 0) is 107 Å². The fourth-order valence-corrected chi connectivity index (χ4v) is 13.1. The van der Waals surface area contributed by atoms with Gasteiger partial charge in [0.2, 0.25) is 59.1 Å². The molecule has 15 rings (SSSR count). The Kier molecular flexibility index (Phi) is 27.7. The normalized spacial score (nSPS) is 16.5. The van der Waals surface area contributed by atoms with Gasteiger partial charge >= 0.3 is 30.2 Å². The van der Waals surface area contributed by atoms with Gasteiger partial charge in [-0.25, -0.2) is 38.7 Å². The van der Waals surface area contributed by atoms with Crippen LogP contribution in [0.4, 0.5) is 41.0 Å². The third kappa shape index (κ3) is 21.0. The van der Waals surface area contributed by atoms with Gasteiger partial charge in [-0.1, -0.05) is 281 Å². The molecule has 0 saturated carbocycles. The standard InChI is InChI=1S/C22H24N2O3.C18H16N2O3.2C17H14N2O3.C16H12N2O3/c1-2-3-14-19-20(25)23(15-17-10-6-4-7-11-17)22(27)24(21(19)26)16-18-12-8-5-9-13-18;21-16-15(11-13-7-3-1-4-8-13)17(22)20(18(23)19-16)12-14-9-5-2-6-10-14;20-15-14(11-12-7-3-1-4-8-12)16(21)19(17(22)18-15)13-9-5-2-6-10-13;20-15-14(16(21)19-17(22)18-15)10-11-6-8-13(9-7-11)12-4-2-1-3-5-12;19-14-11-15(20)18(13-9-5-2-6-10-13)16(21)17(14)12-7-3-1-4-8-12/h4-13,19H,2-3,14-16H2,1H3;1-10,15H,11-12H2,(H,19,21,23);1-10,14H,11H2,(H,18,20,22);1-9,14H,10H2,(H2,18,19,20,21,22);1-10H,11H2. The topological polar surface area (TPSA) is 324 Å². The summed E-state index contributed by atoms with van der Waals surface area (Å²) < 4.78 is 0. The molecule has 20 amide bonds. The van der Waals surface area contributed by atoms with Gasteiger partial charge in [0.25, 0.3) is 0 Å². The number of unbranched alkanes of at least 4 members (excludes halogenated alkanes) is 1. The molecule has 0 aliphatic carbocycles. The third-order valence-corrected chi connectivity index (χ3v) is 19.0. The largest absolute Gasteiger partial charge is 0.342 e. The van der Waals surface area contributed by atoms with Crippen LogP contribution in [0, 0.1) is 23.7 Å². The molecule has 580 valence electrons. The molecular weight excluding hydrogens is 1460 g/mol. The predicted molar refractivity (Wildman–Crippen MR) is 426 cm³/mol. The minimum atomic E-state index is -0.902. The summed E-state index contributed by atoms with van der Waals surface area (Å²) in [5.41, 5.74) is 8.73. The van der Waals surface area contributed by atoms with Crippen molar-refractivity contribution in [2.45, 2.75) is 71.5 Å². The second-order valence-corrected chi connectivity index (χ2v) is 27.0. The van der Waals surface area contributed by atoms with Gasteiger partial charge < -0.3 is 0 Å². The molecule has 0 bridgehead atoms. The fourth-order valence-electron chi connectivity index (χ4n) is 13.1. The molecule has 25 heteroatoms. The van der Waals surface area contributed by atoms with E-state index in [1.807, 2.05) is 213 Å². The van der Waals surface area contributed by atoms with Crippen LogP contribution in [0.5, 0.6) is 0 Å². The van der Waals surface area contributed by atoms with Gasteiger partial charge in [0.15, 0.2) is 0 Å². The highest BCUT2D eigenvalue weighted by Crippen LogP contribution is 2.30. The summed E-state index contributed by atoms with van der Waals surface area (Å²) in [4.78, 5) is 190. The van der Waals surface area contributed by atoms with Crippen LogP contribution in [0.3, 0.4) is 0 Å². The lowest BCUT2D eigenvalue weighted by Crippen LogP contribution is -2.58. The molecule has 5 aliphatic heterocycles. The van der Waals surface area contributed by atoms with Crippen LogP contribution in [-0.2, 0) is 86.8 Å². The molecule has 5 heterocycles. The van der Waals surface area contributed by atoms with Crippen molar-refractivity contribution in [1.82, 2.24) is 36.0 Å². The number of nitrogens with zero attached hydrogens (tertiary/aromatic N) is 6. The van der Waals surface area contributed by atoms with E-state index in [4.69, 9.17) is 0 Å². The number of carbonyl (C=O) groups excluding carboxylic acids is 15. The van der Waals surface area contributed by atoms with Crippen LogP contribution < -0.4 is 36.0 Å². The van der Waals surface area contributed by atoms with Gasteiger partial charge in [-0.15, -0.1) is 0 Å². The van der Waals surface area contributed by atoms with Crippen LogP contribution in [0.2, 0.25) is 0 Å². The molecule has 0 radical (unpaired) electrons. The van der Waals surface area contributed by atoms with E-state index in [1.54, 1.807) is 91.0 Å². The summed E-state index contributed by atoms with van der Waals surface area (Å²) in [6.45, 7) is 2.54. The molecular formula is C90H80N10O15. The molecule has 0 spiro atoms. The van der Waals surface area contributed by atoms with Crippen molar-refractivity contribution in [2.75, 3.05) is 14.7 Å². The summed E-state index contributed by atoms with van der Waals surface area (Å²) in [6.07, 6.45) is 2.62. The minimum Gasteiger partial charge on any atom is -0.277 e. The van der Waals surface area contributed by atoms with E-state index in [9.17, 15) is 71.9 Å². The third-order valence-electron chi connectivity index (χ3n) is 19.0. The van der Waals surface area contributed by atoms with E-state index in [-0.39, 0.29) is 57.1 Å². The molecule has 5 saturated heterocycles. The minimum absolute atomic E-state index is 0.157. The lowest BCUT2D eigenvalue weighted by molar-refractivity contribution is -0.151. The van der Waals surface area contributed by atoms with Crippen molar-refractivity contribution in [3.63, 3.8) is 0 Å². The molecule has 115 heavy (non-hydrogen) atoms. The molecule has 5 fully saturated rings. The number of hydrogen-bond acceptors (Lipinski definition) is 15. The zero-order chi connectivity index (χ0) is 81.3. The predicted octanol–water partition coefficient (Wildman–Crippen LogP) is 12.7. The molecule has 2 unspecified atom stereocenters. The highest BCUT2D eigenvalue weighted by molar-refractivity contribution is 6.35. The number of urea groups is 5. The first kappa shape index (κ1) is 81.2. The second kappa shape index (κ2) is 39.2. The Morgan fingerprint density at radius 1 is 0.278 bits per heavy atom. The average molecular weight is 1540 g/mol. The number of anilines is 3. The Hall–Kier alpha value is -14.8. The summed E-state index contributed by atoms with van der Waals surface area (Å²) in [5, 5.41) is 8.75. The lowest BCUT2D eigenvalue weighted by atomic mass is 9.95. The number of para-hydroxylation sites is 3. The van der Waals surface area contributed by atoms with Crippen LogP contribution >= 0.6 is 0 Å². The van der Waals surface area contributed by atoms with Crippen molar-refractivity contribution < 1.29 is 71.9 Å². The maximum absolute atomic E-state index is 13.0. The maximum atomic E-state index is 13.0. The summed E-state index contributed by atoms with van der Waals surface area (Å²) >= 11 is 0. The van der Waals surface area contributed by atoms with E-state index in [0.717, 1.165) is 76.9 Å². The number of imide groups is 10. The molecule has 10 aromatic rings. The molecule has 5 aliphatic rings. The van der Waals surface area contributed by atoms with Crippen molar-refractivity contribution >= 4 is 106 Å². The number of benzene rings is 10. The van der Waals surface area contributed by atoms with Crippen LogP contribution in [0.25, 0.3) is 11.1 Å². The van der Waals surface area contributed by atoms with E-state index in [2.05, 4.69) is 21.3 Å². The van der Waals surface area contributed by atoms with Gasteiger partial charge in [-0.3, -0.25) is 83.9 Å². The molecule has 2 atom stereocenters. The number of nitrogens with one attached hydrogen (secondary N) is 4. The van der Waals surface area contributed by atoms with Crippen molar-refractivity contribution in [2.24, 2.45) is 23.7 Å². The van der Waals surface area contributed by atoms with Crippen LogP contribution in [-0.4, -0.2) is 104 Å². The molecule has 10 aromatic carbocycles. The first-order valence-electron chi connectivity index (χ1n) is 37.1. The number of barbiturate groups is 5. The Balaban J connectivity index is 0.000000142. The Bertz CT molecular complexity index is 4970. The van der Waals surface area contributed by atoms with Gasteiger partial charge in [-0.2, -0.15) is 0 Å². The van der Waals surface area contributed by atoms with E-state index in [1.165, 1.54) is 9.80 Å². The van der Waals surface area contributed by atoms with Crippen LogP contribution in [0.15, 0.2) is 297 Å². The summed E-state index contributed by atoms with van der Waals surface area (Å²) in [6, 6.07) is 86.6. The van der Waals surface area contributed by atoms with Crippen molar-refractivity contribution in [3.8, 4) is 11.1 Å². The zero-order valence-electron chi connectivity index (χ0n) is 62.5. The quantitative estimate of drug-likeness (QED) is 0.0547. The number of rotatable bonds is 19. The van der Waals surface area contributed by atoms with Crippen molar-refractivity contribution in [1.29, 1.82) is 0 Å². The second-order valence-electron chi connectivity index (χ2n) is 27.0. The Morgan fingerprint density at radius 2 is 0.583 bits per heavy atom. The molecule has 25 nitrogen and oxygen atoms in total. The summed E-state index contributed by atoms with van der Waals surface area (Å²) in [5.74, 6) is -8.37. The van der Waals surface area contributed by atoms with Gasteiger partial charge in [0, 0.05) is 0 Å².